The average Bonchev–Trinajstić information content (AvgIpc) is 2.16. The Balaban J connectivity index is 2.79. The van der Waals surface area contributed by atoms with Gasteiger partial charge >= 0.3 is 0 Å². The summed E-state index contributed by atoms with van der Waals surface area (Å²) < 4.78 is 0. The molecular weight excluding hydrogens is 150 g/mol. The molecule has 1 aromatic heterocycles. The first-order chi connectivity index (χ1) is 5.86. The minimum atomic E-state index is 0.118. The Kier molecular flexibility index (Phi) is 3.48. The number of nitrogens with zero attached hydrogens (tertiary/aromatic N) is 1. The first kappa shape index (κ1) is 8.94. The summed E-state index contributed by atoms with van der Waals surface area (Å²) >= 11 is 0. The topological polar surface area (TPSA) is 33.1 Å². The van der Waals surface area contributed by atoms with Crippen molar-refractivity contribution in [2.45, 2.75) is 13.3 Å². The van der Waals surface area contributed by atoms with Gasteiger partial charge in [-0.25, -0.2) is 0 Å². The molecule has 0 aliphatic rings. The van der Waals surface area contributed by atoms with E-state index < -0.39 is 0 Å². The number of hydrogen-bond donors (Lipinski definition) is 1. The van der Waals surface area contributed by atoms with E-state index in [9.17, 15) is 0 Å². The van der Waals surface area contributed by atoms with Crippen molar-refractivity contribution in [3.05, 3.63) is 35.7 Å². The second-order valence-corrected chi connectivity index (χ2v) is 2.57. The number of aromatic nitrogens is 1. The second-order valence-electron chi connectivity index (χ2n) is 2.57. The third-order valence-electron chi connectivity index (χ3n) is 1.70. The van der Waals surface area contributed by atoms with Crippen LogP contribution in [0.25, 0.3) is 6.08 Å². The van der Waals surface area contributed by atoms with E-state index >= 15 is 0 Å². The van der Waals surface area contributed by atoms with Crippen LogP contribution in [0.2, 0.25) is 0 Å². The van der Waals surface area contributed by atoms with E-state index in [0.717, 1.165) is 17.7 Å². The van der Waals surface area contributed by atoms with Gasteiger partial charge < -0.3 is 5.11 Å². The van der Waals surface area contributed by atoms with Crippen LogP contribution in [-0.4, -0.2) is 16.7 Å². The second kappa shape index (κ2) is 4.67. The molecule has 0 atom stereocenters. The van der Waals surface area contributed by atoms with Crippen LogP contribution in [0.1, 0.15) is 19.0 Å². The molecule has 0 saturated carbocycles. The largest absolute Gasteiger partial charge is 0.392 e. The van der Waals surface area contributed by atoms with E-state index in [-0.39, 0.29) is 6.61 Å². The van der Waals surface area contributed by atoms with Gasteiger partial charge in [0, 0.05) is 6.20 Å². The Bertz CT molecular complexity index is 248. The molecule has 2 nitrogen and oxygen atoms in total. The van der Waals surface area contributed by atoms with E-state index in [1.54, 1.807) is 6.20 Å². The maximum atomic E-state index is 8.89. The molecule has 0 aliphatic heterocycles. The van der Waals surface area contributed by atoms with Crippen LogP contribution in [0, 0.1) is 0 Å². The lowest BCUT2D eigenvalue weighted by Crippen LogP contribution is -1.88. The van der Waals surface area contributed by atoms with Crippen molar-refractivity contribution in [1.82, 2.24) is 4.98 Å². The zero-order valence-electron chi connectivity index (χ0n) is 7.20. The molecule has 0 fully saturated rings. The fraction of sp³-hybridized carbons (Fsp3) is 0.300. The number of aliphatic hydroxyl groups is 1. The lowest BCUT2D eigenvalue weighted by atomic mass is 10.2. The van der Waals surface area contributed by atoms with Crippen molar-refractivity contribution in [2.24, 2.45) is 0 Å². The molecule has 1 rings (SSSR count). The zero-order valence-corrected chi connectivity index (χ0v) is 7.20. The van der Waals surface area contributed by atoms with Gasteiger partial charge in [0.25, 0.3) is 0 Å². The van der Waals surface area contributed by atoms with Crippen LogP contribution < -0.4 is 0 Å². The van der Waals surface area contributed by atoms with E-state index in [1.807, 2.05) is 31.2 Å². The molecule has 0 amide bonds. The van der Waals surface area contributed by atoms with Crippen LogP contribution in [0.15, 0.2) is 30.0 Å². The quantitative estimate of drug-likeness (QED) is 0.737. The number of hydrogen-bond acceptors (Lipinski definition) is 2. The van der Waals surface area contributed by atoms with Gasteiger partial charge in [-0.1, -0.05) is 13.0 Å². The van der Waals surface area contributed by atoms with Crippen LogP contribution in [0.4, 0.5) is 0 Å². The highest BCUT2D eigenvalue weighted by atomic mass is 16.3. The first-order valence-corrected chi connectivity index (χ1v) is 4.08. The molecule has 0 aromatic carbocycles. The Morgan fingerprint density at radius 2 is 2.42 bits per heavy atom. The summed E-state index contributed by atoms with van der Waals surface area (Å²) in [4.78, 5) is 4.13. The maximum Gasteiger partial charge on any atom is 0.0645 e. The molecule has 0 aliphatic carbocycles. The lowest BCUT2D eigenvalue weighted by molar-refractivity contribution is 0.329. The summed E-state index contributed by atoms with van der Waals surface area (Å²) in [7, 11) is 0. The highest BCUT2D eigenvalue weighted by Crippen LogP contribution is 2.05. The monoisotopic (exact) mass is 163 g/mol. The summed E-state index contributed by atoms with van der Waals surface area (Å²) in [6, 6.07) is 5.73. The maximum absolute atomic E-state index is 8.89. The van der Waals surface area contributed by atoms with E-state index in [4.69, 9.17) is 5.11 Å². The van der Waals surface area contributed by atoms with Crippen molar-refractivity contribution in [3.63, 3.8) is 0 Å². The van der Waals surface area contributed by atoms with Gasteiger partial charge in [-0.05, 0) is 30.2 Å². The molecule has 0 bridgehead atoms. The summed E-state index contributed by atoms with van der Waals surface area (Å²) in [5.74, 6) is 0. The number of pyridine rings is 1. The third kappa shape index (κ3) is 2.47. The molecule has 1 N–H and O–H groups in total. The molecule has 0 spiro atoms. The summed E-state index contributed by atoms with van der Waals surface area (Å²) in [6.45, 7) is 2.14. The molecule has 1 aromatic rings. The smallest absolute Gasteiger partial charge is 0.0645 e. The molecule has 0 saturated heterocycles. The Hall–Kier alpha value is -1.15. The number of rotatable bonds is 3. The number of aliphatic hydroxyl groups excluding tert-OH is 1. The van der Waals surface area contributed by atoms with Crippen LogP contribution in [-0.2, 0) is 0 Å². The van der Waals surface area contributed by atoms with Gasteiger partial charge in [0.05, 0.1) is 12.3 Å². The highest BCUT2D eigenvalue weighted by Gasteiger charge is 1.92. The summed E-state index contributed by atoms with van der Waals surface area (Å²) in [5, 5.41) is 8.89. The zero-order chi connectivity index (χ0) is 8.81. The van der Waals surface area contributed by atoms with E-state index in [2.05, 4.69) is 4.98 Å². The minimum absolute atomic E-state index is 0.118. The van der Waals surface area contributed by atoms with Crippen LogP contribution >= 0.6 is 0 Å². The van der Waals surface area contributed by atoms with Gasteiger partial charge in [-0.3, -0.25) is 4.98 Å². The molecule has 2 heteroatoms. The summed E-state index contributed by atoms with van der Waals surface area (Å²) in [5.41, 5.74) is 1.91. The first-order valence-electron chi connectivity index (χ1n) is 4.08. The lowest BCUT2D eigenvalue weighted by Gasteiger charge is -1.98. The average molecular weight is 163 g/mol. The van der Waals surface area contributed by atoms with Crippen molar-refractivity contribution >= 4 is 6.08 Å². The van der Waals surface area contributed by atoms with E-state index in [0.29, 0.717) is 0 Å². The van der Waals surface area contributed by atoms with Crippen molar-refractivity contribution in [1.29, 1.82) is 0 Å². The van der Waals surface area contributed by atoms with Crippen LogP contribution in [0.3, 0.4) is 0 Å². The predicted molar refractivity (Wildman–Crippen MR) is 49.6 cm³/mol. The molecule has 12 heavy (non-hydrogen) atoms. The van der Waals surface area contributed by atoms with Gasteiger partial charge in [0.2, 0.25) is 0 Å². The van der Waals surface area contributed by atoms with E-state index in [1.165, 1.54) is 0 Å². The van der Waals surface area contributed by atoms with Crippen molar-refractivity contribution in [2.75, 3.05) is 6.61 Å². The molecule has 64 valence electrons. The Morgan fingerprint density at radius 1 is 1.58 bits per heavy atom. The van der Waals surface area contributed by atoms with Crippen molar-refractivity contribution in [3.8, 4) is 0 Å². The van der Waals surface area contributed by atoms with Gasteiger partial charge in [0.1, 0.15) is 0 Å². The fourth-order valence-corrected chi connectivity index (χ4v) is 0.930. The van der Waals surface area contributed by atoms with Gasteiger partial charge in [-0.15, -0.1) is 0 Å². The molecule has 1 heterocycles. The Morgan fingerprint density at radius 3 is 2.92 bits per heavy atom. The third-order valence-corrected chi connectivity index (χ3v) is 1.70. The normalized spacial score (nSPS) is 11.7. The minimum Gasteiger partial charge on any atom is -0.392 e. The Labute approximate surface area is 72.6 Å². The van der Waals surface area contributed by atoms with Crippen molar-refractivity contribution < 1.29 is 5.11 Å². The van der Waals surface area contributed by atoms with Gasteiger partial charge in [0.15, 0.2) is 0 Å². The predicted octanol–water partition coefficient (Wildman–Crippen LogP) is 1.87. The summed E-state index contributed by atoms with van der Waals surface area (Å²) in [6.07, 6.45) is 4.53. The van der Waals surface area contributed by atoms with Crippen LogP contribution in [0.5, 0.6) is 0 Å². The molecule has 0 unspecified atom stereocenters. The van der Waals surface area contributed by atoms with Gasteiger partial charge in [-0.2, -0.15) is 0 Å². The molecular formula is C10H13NO. The highest BCUT2D eigenvalue weighted by molar-refractivity contribution is 5.48. The standard InChI is InChI=1S/C10H13NO/c1-2-9(8-12)7-10-5-3-4-6-11-10/h3-7,12H,2,8H2,1H3/b9-7-. The fourth-order valence-electron chi connectivity index (χ4n) is 0.930. The SMILES string of the molecule is CC/C(=C/c1ccccn1)CO. The molecule has 0 radical (unpaired) electrons.